The zero-order valence-corrected chi connectivity index (χ0v) is 35.2. The molecule has 0 radical (unpaired) electrons. The highest BCUT2D eigenvalue weighted by atomic mass is 16.3. The van der Waals surface area contributed by atoms with Gasteiger partial charge in [0.1, 0.15) is 11.2 Å². The Kier molecular flexibility index (Phi) is 8.55. The van der Waals surface area contributed by atoms with E-state index >= 15 is 0 Å². The molecule has 0 unspecified atom stereocenters. The van der Waals surface area contributed by atoms with E-state index in [-0.39, 0.29) is 5.41 Å². The minimum Gasteiger partial charge on any atom is -0.455 e. The van der Waals surface area contributed by atoms with Crippen LogP contribution in [0.1, 0.15) is 25.0 Å². The zero-order valence-electron chi connectivity index (χ0n) is 35.2. The number of nitrogens with zero attached hydrogens (tertiary/aromatic N) is 1. The summed E-state index contributed by atoms with van der Waals surface area (Å²) in [5.74, 6) is 0. The van der Waals surface area contributed by atoms with Crippen molar-refractivity contribution in [2.75, 3.05) is 4.90 Å². The lowest BCUT2D eigenvalue weighted by atomic mass is 9.82. The van der Waals surface area contributed by atoms with E-state index < -0.39 is 0 Å². The van der Waals surface area contributed by atoms with Gasteiger partial charge in [0, 0.05) is 38.6 Å². The molecule has 0 saturated carbocycles. The van der Waals surface area contributed by atoms with Gasteiger partial charge in [0.25, 0.3) is 0 Å². The quantitative estimate of drug-likeness (QED) is 0.160. The maximum atomic E-state index is 6.75. The smallest absolute Gasteiger partial charge is 0.143 e. The average Bonchev–Trinajstić information content (AvgIpc) is 3.84. The Morgan fingerprint density at radius 2 is 0.968 bits per heavy atom. The van der Waals surface area contributed by atoms with E-state index in [9.17, 15) is 0 Å². The van der Waals surface area contributed by atoms with E-state index in [1.807, 2.05) is 6.07 Å². The molecular weight excluding hydrogens is 763 g/mol. The third-order valence-corrected chi connectivity index (χ3v) is 13.3. The Balaban J connectivity index is 1.17. The maximum absolute atomic E-state index is 6.75. The molecule has 1 aromatic heterocycles. The number of hydrogen-bond acceptors (Lipinski definition) is 2. The van der Waals surface area contributed by atoms with Gasteiger partial charge in [-0.05, 0) is 97.2 Å². The van der Waals surface area contributed by atoms with Crippen molar-refractivity contribution in [3.8, 4) is 55.6 Å². The van der Waals surface area contributed by atoms with Crippen LogP contribution in [0.2, 0.25) is 0 Å². The van der Waals surface area contributed by atoms with Gasteiger partial charge in [-0.3, -0.25) is 0 Å². The first kappa shape index (κ1) is 36.9. The molecule has 0 aliphatic heterocycles. The van der Waals surface area contributed by atoms with Crippen molar-refractivity contribution in [3.05, 3.63) is 236 Å². The molecule has 2 heteroatoms. The number of para-hydroxylation sites is 3. The van der Waals surface area contributed by atoms with Gasteiger partial charge in [0.15, 0.2) is 0 Å². The van der Waals surface area contributed by atoms with E-state index in [1.165, 1.54) is 55.3 Å². The standard InChI is InChI=1S/C61H43NO/c1-61(2)54-31-14-11-25-47(54)53-38-43(35-36-55(53)61)46-28-18-33-57(59(46)41-21-7-4-8-22-41)62(44-37-42-23-9-10-24-45(42)52(39-44)40-19-5-3-6-20-40)56-32-15-12-26-48(56)50-29-17-30-51-49-27-13-16-34-58(49)63-60(50)51/h3-39H,1-2H3. The van der Waals surface area contributed by atoms with Crippen molar-refractivity contribution in [2.45, 2.75) is 19.3 Å². The minimum absolute atomic E-state index is 0.0791. The van der Waals surface area contributed by atoms with Crippen LogP contribution >= 0.6 is 0 Å². The highest BCUT2D eigenvalue weighted by Gasteiger charge is 2.35. The molecule has 11 aromatic rings. The van der Waals surface area contributed by atoms with E-state index in [0.717, 1.165) is 61.3 Å². The zero-order chi connectivity index (χ0) is 42.1. The summed E-state index contributed by atoms with van der Waals surface area (Å²) in [4.78, 5) is 2.49. The molecule has 298 valence electrons. The SMILES string of the molecule is CC1(C)c2ccccc2-c2cc(-c3cccc(N(c4cc(-c5ccccc5)c5ccccc5c4)c4ccccc4-c4cccc5c4oc4ccccc45)c3-c3ccccc3)ccc21. The van der Waals surface area contributed by atoms with Crippen molar-refractivity contribution >= 4 is 49.8 Å². The van der Waals surface area contributed by atoms with E-state index in [1.54, 1.807) is 0 Å². The van der Waals surface area contributed by atoms with Gasteiger partial charge < -0.3 is 9.32 Å². The summed E-state index contributed by atoms with van der Waals surface area (Å²) >= 11 is 0. The van der Waals surface area contributed by atoms with Crippen LogP contribution in [0, 0.1) is 0 Å². The lowest BCUT2D eigenvalue weighted by Crippen LogP contribution is -2.14. The Hall–Kier alpha value is -7.94. The molecule has 0 spiro atoms. The Bertz CT molecular complexity index is 3540. The molecule has 12 rings (SSSR count). The molecule has 0 N–H and O–H groups in total. The van der Waals surface area contributed by atoms with Crippen molar-refractivity contribution < 1.29 is 4.42 Å². The minimum atomic E-state index is -0.0791. The first-order valence-corrected chi connectivity index (χ1v) is 21.8. The fourth-order valence-corrected chi connectivity index (χ4v) is 10.3. The van der Waals surface area contributed by atoms with Crippen LogP contribution in [0.4, 0.5) is 17.1 Å². The van der Waals surface area contributed by atoms with Crippen LogP contribution in [0.5, 0.6) is 0 Å². The van der Waals surface area contributed by atoms with Crippen LogP contribution < -0.4 is 4.90 Å². The van der Waals surface area contributed by atoms with E-state index in [4.69, 9.17) is 4.42 Å². The molecule has 1 aliphatic carbocycles. The second-order valence-electron chi connectivity index (χ2n) is 17.2. The first-order valence-electron chi connectivity index (χ1n) is 21.8. The molecule has 0 saturated heterocycles. The number of fused-ring (bicyclic) bond motifs is 7. The van der Waals surface area contributed by atoms with Crippen LogP contribution in [0.15, 0.2) is 229 Å². The van der Waals surface area contributed by atoms with Crippen LogP contribution in [0.3, 0.4) is 0 Å². The summed E-state index contributed by atoms with van der Waals surface area (Å²) in [5.41, 5.74) is 19.4. The van der Waals surface area contributed by atoms with Gasteiger partial charge in [0.2, 0.25) is 0 Å². The maximum Gasteiger partial charge on any atom is 0.143 e. The normalized spacial score (nSPS) is 12.7. The highest BCUT2D eigenvalue weighted by Crippen LogP contribution is 2.53. The number of hydrogen-bond donors (Lipinski definition) is 0. The Morgan fingerprint density at radius 1 is 0.365 bits per heavy atom. The van der Waals surface area contributed by atoms with Crippen LogP contribution in [0.25, 0.3) is 88.3 Å². The van der Waals surface area contributed by atoms with Gasteiger partial charge in [-0.15, -0.1) is 0 Å². The summed E-state index contributed by atoms with van der Waals surface area (Å²) in [6, 6.07) is 81.8. The fourth-order valence-electron chi connectivity index (χ4n) is 10.3. The van der Waals surface area contributed by atoms with Crippen molar-refractivity contribution in [1.82, 2.24) is 0 Å². The number of anilines is 3. The van der Waals surface area contributed by atoms with E-state index in [2.05, 4.69) is 237 Å². The Morgan fingerprint density at radius 3 is 1.81 bits per heavy atom. The molecule has 0 fully saturated rings. The predicted molar refractivity (Wildman–Crippen MR) is 265 cm³/mol. The van der Waals surface area contributed by atoms with Gasteiger partial charge in [-0.2, -0.15) is 0 Å². The number of rotatable bonds is 7. The Labute approximate surface area is 368 Å². The van der Waals surface area contributed by atoms with Gasteiger partial charge >= 0.3 is 0 Å². The lowest BCUT2D eigenvalue weighted by molar-refractivity contribution is 0.660. The largest absolute Gasteiger partial charge is 0.455 e. The van der Waals surface area contributed by atoms with Gasteiger partial charge in [0.05, 0.1) is 11.4 Å². The molecule has 10 aromatic carbocycles. The van der Waals surface area contributed by atoms with Gasteiger partial charge in [-0.1, -0.05) is 202 Å². The molecule has 63 heavy (non-hydrogen) atoms. The molecular formula is C61H43NO. The predicted octanol–water partition coefficient (Wildman–Crippen LogP) is 17.2. The average molecular weight is 806 g/mol. The summed E-state index contributed by atoms with van der Waals surface area (Å²) < 4.78 is 6.75. The van der Waals surface area contributed by atoms with Crippen LogP contribution in [-0.2, 0) is 5.41 Å². The molecule has 2 nitrogen and oxygen atoms in total. The molecule has 0 bridgehead atoms. The molecule has 0 atom stereocenters. The van der Waals surface area contributed by atoms with E-state index in [0.29, 0.717) is 0 Å². The lowest BCUT2D eigenvalue weighted by Gasteiger charge is -2.32. The third kappa shape index (κ3) is 5.94. The molecule has 1 heterocycles. The monoisotopic (exact) mass is 805 g/mol. The topological polar surface area (TPSA) is 16.4 Å². The van der Waals surface area contributed by atoms with Crippen molar-refractivity contribution in [3.63, 3.8) is 0 Å². The third-order valence-electron chi connectivity index (χ3n) is 13.3. The summed E-state index contributed by atoms with van der Waals surface area (Å²) in [7, 11) is 0. The molecule has 1 aliphatic rings. The second-order valence-corrected chi connectivity index (χ2v) is 17.2. The number of benzene rings is 10. The highest BCUT2D eigenvalue weighted by molar-refractivity contribution is 6.12. The van der Waals surface area contributed by atoms with Gasteiger partial charge in [-0.25, -0.2) is 0 Å². The fraction of sp³-hybridized carbons (Fsp3) is 0.0492. The second kappa shape index (κ2) is 14.6. The summed E-state index contributed by atoms with van der Waals surface area (Å²) in [5, 5.41) is 4.61. The first-order chi connectivity index (χ1) is 31.0. The van der Waals surface area contributed by atoms with Crippen LogP contribution in [-0.4, -0.2) is 0 Å². The van der Waals surface area contributed by atoms with Crippen molar-refractivity contribution in [2.24, 2.45) is 0 Å². The number of furan rings is 1. The summed E-state index contributed by atoms with van der Waals surface area (Å²) in [6.45, 7) is 4.70. The molecule has 0 amide bonds. The summed E-state index contributed by atoms with van der Waals surface area (Å²) in [6.07, 6.45) is 0. The van der Waals surface area contributed by atoms with Crippen molar-refractivity contribution in [1.29, 1.82) is 0 Å².